The molecule has 2 heterocycles. The van der Waals surface area contributed by atoms with E-state index in [-0.39, 0.29) is 24.3 Å². The summed E-state index contributed by atoms with van der Waals surface area (Å²) in [5.41, 5.74) is 1.06. The summed E-state index contributed by atoms with van der Waals surface area (Å²) in [7, 11) is 0. The minimum Gasteiger partial charge on any atom is -0.445 e. The number of aliphatic hydroxyl groups is 1. The van der Waals surface area contributed by atoms with Gasteiger partial charge in [0.1, 0.15) is 6.10 Å². The van der Waals surface area contributed by atoms with E-state index in [1.165, 1.54) is 6.39 Å². The highest BCUT2D eigenvalue weighted by Gasteiger charge is 2.28. The average molecular weight is 302 g/mol. The van der Waals surface area contributed by atoms with Gasteiger partial charge in [-0.25, -0.2) is 4.98 Å². The van der Waals surface area contributed by atoms with Gasteiger partial charge in [-0.2, -0.15) is 0 Å². The minimum atomic E-state index is -0.484. The van der Waals surface area contributed by atoms with E-state index >= 15 is 0 Å². The zero-order chi connectivity index (χ0) is 15.4. The molecule has 116 valence electrons. The summed E-state index contributed by atoms with van der Waals surface area (Å²) in [5, 5.41) is 12.3. The molecule has 1 aliphatic heterocycles. The summed E-state index contributed by atoms with van der Waals surface area (Å²) >= 11 is 0. The van der Waals surface area contributed by atoms with Gasteiger partial charge in [0, 0.05) is 6.61 Å². The third kappa shape index (κ3) is 3.03. The fraction of sp³-hybridized carbons (Fsp3) is 0.375. The van der Waals surface area contributed by atoms with Crippen LogP contribution in [-0.2, 0) is 4.74 Å². The molecule has 1 fully saturated rings. The predicted molar refractivity (Wildman–Crippen MR) is 78.2 cm³/mol. The van der Waals surface area contributed by atoms with Crippen molar-refractivity contribution in [2.75, 3.05) is 13.2 Å². The fourth-order valence-corrected chi connectivity index (χ4v) is 2.58. The molecule has 1 aliphatic rings. The van der Waals surface area contributed by atoms with Gasteiger partial charge in [0.15, 0.2) is 17.8 Å². The van der Waals surface area contributed by atoms with Gasteiger partial charge >= 0.3 is 0 Å². The van der Waals surface area contributed by atoms with Crippen LogP contribution in [0.2, 0.25) is 0 Å². The summed E-state index contributed by atoms with van der Waals surface area (Å²) in [6.45, 7) is 0.471. The number of aliphatic hydroxyl groups excluding tert-OH is 1. The summed E-state index contributed by atoms with van der Waals surface area (Å²) in [5.74, 6) is 0.0851. The van der Waals surface area contributed by atoms with E-state index in [9.17, 15) is 9.90 Å². The van der Waals surface area contributed by atoms with Gasteiger partial charge in [-0.1, -0.05) is 30.3 Å². The third-order valence-electron chi connectivity index (χ3n) is 3.72. The quantitative estimate of drug-likeness (QED) is 0.882. The summed E-state index contributed by atoms with van der Waals surface area (Å²) in [6.07, 6.45) is 2.79. The Kier molecular flexibility index (Phi) is 4.50. The molecule has 1 aromatic heterocycles. The smallest absolute Gasteiger partial charge is 0.274 e. The molecule has 0 radical (unpaired) electrons. The Balaban J connectivity index is 1.75. The van der Waals surface area contributed by atoms with Crippen LogP contribution in [0, 0.1) is 0 Å². The van der Waals surface area contributed by atoms with Gasteiger partial charge in [-0.15, -0.1) is 0 Å². The van der Waals surface area contributed by atoms with Gasteiger partial charge in [0.05, 0.1) is 12.6 Å². The van der Waals surface area contributed by atoms with E-state index < -0.39 is 6.04 Å². The maximum Gasteiger partial charge on any atom is 0.274 e. The highest BCUT2D eigenvalue weighted by atomic mass is 16.5. The second kappa shape index (κ2) is 6.72. The Morgan fingerprint density at radius 3 is 2.91 bits per heavy atom. The van der Waals surface area contributed by atoms with E-state index in [4.69, 9.17) is 9.15 Å². The molecule has 0 aliphatic carbocycles. The second-order valence-electron chi connectivity index (χ2n) is 5.19. The zero-order valence-corrected chi connectivity index (χ0v) is 12.1. The lowest BCUT2D eigenvalue weighted by molar-refractivity contribution is 0.0841. The molecule has 22 heavy (non-hydrogen) atoms. The molecule has 2 aromatic rings. The molecular weight excluding hydrogens is 284 g/mol. The second-order valence-corrected chi connectivity index (χ2v) is 5.19. The summed E-state index contributed by atoms with van der Waals surface area (Å²) in [6, 6.07) is 8.82. The molecule has 1 amide bonds. The Hall–Kier alpha value is -2.18. The maximum atomic E-state index is 12.4. The van der Waals surface area contributed by atoms with Crippen LogP contribution in [0.5, 0.6) is 0 Å². The molecule has 3 rings (SSSR count). The Morgan fingerprint density at radius 2 is 2.23 bits per heavy atom. The lowest BCUT2D eigenvalue weighted by Crippen LogP contribution is -2.31. The number of nitrogens with one attached hydrogen (secondary N) is 1. The number of aromatic nitrogens is 1. The molecule has 0 saturated carbocycles. The van der Waals surface area contributed by atoms with E-state index in [0.717, 1.165) is 18.4 Å². The van der Waals surface area contributed by atoms with E-state index in [2.05, 4.69) is 10.3 Å². The van der Waals surface area contributed by atoms with Crippen molar-refractivity contribution in [1.29, 1.82) is 0 Å². The normalized spacial score (nSPS) is 19.0. The molecule has 1 saturated heterocycles. The maximum absolute atomic E-state index is 12.4. The van der Waals surface area contributed by atoms with Crippen molar-refractivity contribution in [2.24, 2.45) is 0 Å². The molecule has 6 nitrogen and oxygen atoms in total. The van der Waals surface area contributed by atoms with Crippen molar-refractivity contribution in [3.8, 4) is 0 Å². The minimum absolute atomic E-state index is 0.192. The number of hydrogen-bond donors (Lipinski definition) is 2. The predicted octanol–water partition coefficient (Wildman–Crippen LogP) is 1.99. The van der Waals surface area contributed by atoms with Crippen LogP contribution in [0.25, 0.3) is 0 Å². The Bertz CT molecular complexity index is 620. The molecule has 2 atom stereocenters. The van der Waals surface area contributed by atoms with E-state index in [0.29, 0.717) is 12.4 Å². The molecule has 0 bridgehead atoms. The molecule has 2 N–H and O–H groups in total. The Labute approximate surface area is 128 Å². The van der Waals surface area contributed by atoms with Crippen LogP contribution < -0.4 is 5.32 Å². The molecule has 1 unspecified atom stereocenters. The molecule has 6 heteroatoms. The van der Waals surface area contributed by atoms with E-state index in [1.807, 2.05) is 30.3 Å². The fourth-order valence-electron chi connectivity index (χ4n) is 2.58. The van der Waals surface area contributed by atoms with Gasteiger partial charge in [0.2, 0.25) is 0 Å². The standard InChI is InChI=1S/C16H18N2O4/c19-9-12(11-5-2-1-3-6-11)18-16(20)14-15(22-10-17-14)13-7-4-8-21-13/h1-3,5-6,10,12-13,19H,4,7-9H2,(H,18,20)/t12-,13?/m1/s1. The van der Waals surface area contributed by atoms with Crippen LogP contribution in [0.1, 0.15) is 46.8 Å². The van der Waals surface area contributed by atoms with Gasteiger partial charge in [0.25, 0.3) is 5.91 Å². The van der Waals surface area contributed by atoms with Gasteiger partial charge in [-0.3, -0.25) is 4.79 Å². The number of nitrogens with zero attached hydrogens (tertiary/aromatic N) is 1. The van der Waals surface area contributed by atoms with Crippen LogP contribution in [0.4, 0.5) is 0 Å². The van der Waals surface area contributed by atoms with Crippen LogP contribution >= 0.6 is 0 Å². The molecular formula is C16H18N2O4. The monoisotopic (exact) mass is 302 g/mol. The number of rotatable bonds is 5. The first-order chi connectivity index (χ1) is 10.8. The number of carbonyl (C=O) groups excluding carboxylic acids is 1. The number of benzene rings is 1. The molecule has 0 spiro atoms. The lowest BCUT2D eigenvalue weighted by Gasteiger charge is -2.16. The number of oxazole rings is 1. The largest absolute Gasteiger partial charge is 0.445 e. The highest BCUT2D eigenvalue weighted by molar-refractivity contribution is 5.93. The van der Waals surface area contributed by atoms with Crippen molar-refractivity contribution < 1.29 is 19.1 Å². The van der Waals surface area contributed by atoms with Crippen LogP contribution in [0.3, 0.4) is 0 Å². The molecule has 1 aromatic carbocycles. The third-order valence-corrected chi connectivity index (χ3v) is 3.72. The summed E-state index contributed by atoms with van der Waals surface area (Å²) < 4.78 is 10.9. The average Bonchev–Trinajstić information content (AvgIpc) is 3.23. The van der Waals surface area contributed by atoms with Crippen molar-refractivity contribution in [3.63, 3.8) is 0 Å². The van der Waals surface area contributed by atoms with Crippen molar-refractivity contribution >= 4 is 5.91 Å². The first kappa shape index (κ1) is 14.7. The van der Waals surface area contributed by atoms with Gasteiger partial charge < -0.3 is 19.6 Å². The zero-order valence-electron chi connectivity index (χ0n) is 12.1. The first-order valence-electron chi connectivity index (χ1n) is 7.31. The topological polar surface area (TPSA) is 84.6 Å². The van der Waals surface area contributed by atoms with E-state index in [1.54, 1.807) is 0 Å². The number of amides is 1. The number of hydrogen-bond acceptors (Lipinski definition) is 5. The highest BCUT2D eigenvalue weighted by Crippen LogP contribution is 2.30. The van der Waals surface area contributed by atoms with Crippen molar-refractivity contribution in [1.82, 2.24) is 10.3 Å². The van der Waals surface area contributed by atoms with Crippen molar-refractivity contribution in [2.45, 2.75) is 25.0 Å². The number of carbonyl (C=O) groups is 1. The first-order valence-corrected chi connectivity index (χ1v) is 7.31. The van der Waals surface area contributed by atoms with Gasteiger partial charge in [-0.05, 0) is 18.4 Å². The lowest BCUT2D eigenvalue weighted by atomic mass is 10.1. The Morgan fingerprint density at radius 1 is 1.41 bits per heavy atom. The number of ether oxygens (including phenoxy) is 1. The van der Waals surface area contributed by atoms with Crippen LogP contribution in [-0.4, -0.2) is 29.2 Å². The summed E-state index contributed by atoms with van der Waals surface area (Å²) in [4.78, 5) is 16.4. The van der Waals surface area contributed by atoms with Crippen LogP contribution in [0.15, 0.2) is 41.1 Å². The van der Waals surface area contributed by atoms with Crippen molar-refractivity contribution in [3.05, 3.63) is 53.7 Å². The SMILES string of the molecule is O=C(N[C@H](CO)c1ccccc1)c1ncoc1C1CCCO1.